The van der Waals surface area contributed by atoms with Gasteiger partial charge in [-0.15, -0.1) is 6.58 Å². The molecule has 0 radical (unpaired) electrons. The molecule has 0 aromatic heterocycles. The molecule has 3 aromatic rings. The molecule has 0 saturated heterocycles. The Labute approximate surface area is 235 Å². The average Bonchev–Trinajstić information content (AvgIpc) is 2.93. The molecule has 5 aliphatic carbocycles. The Bertz CT molecular complexity index is 1700. The maximum Gasteiger partial charge on any atom is 0.179 e. The van der Waals surface area contributed by atoms with Gasteiger partial charge < -0.3 is 15.3 Å². The van der Waals surface area contributed by atoms with Crippen LogP contribution in [0.15, 0.2) is 54.6 Å². The largest absolute Gasteiger partial charge is 0.508 e. The number of hydrogen-bond acceptors (Lipinski definition) is 4. The van der Waals surface area contributed by atoms with Gasteiger partial charge in [-0.3, -0.25) is 4.79 Å². The van der Waals surface area contributed by atoms with E-state index in [2.05, 4.69) is 25.6 Å². The van der Waals surface area contributed by atoms with E-state index in [9.17, 15) is 20.1 Å². The van der Waals surface area contributed by atoms with Crippen LogP contribution in [0.3, 0.4) is 0 Å². The summed E-state index contributed by atoms with van der Waals surface area (Å²) in [6.07, 6.45) is 5.76. The Kier molecular flexibility index (Phi) is 5.20. The summed E-state index contributed by atoms with van der Waals surface area (Å²) >= 11 is 0. The second-order valence-corrected chi connectivity index (χ2v) is 12.7. The van der Waals surface area contributed by atoms with E-state index in [4.69, 9.17) is 0 Å². The summed E-state index contributed by atoms with van der Waals surface area (Å²) in [6.45, 7) is 12.0. The first-order valence-electron chi connectivity index (χ1n) is 14.4. The molecule has 1 fully saturated rings. The van der Waals surface area contributed by atoms with E-state index in [1.165, 1.54) is 22.3 Å². The molecule has 8 rings (SSSR count). The van der Waals surface area contributed by atoms with Gasteiger partial charge in [0.15, 0.2) is 5.78 Å². The van der Waals surface area contributed by atoms with Gasteiger partial charge in [0.1, 0.15) is 17.1 Å². The highest BCUT2D eigenvalue weighted by molar-refractivity contribution is 6.10. The zero-order chi connectivity index (χ0) is 28.3. The summed E-state index contributed by atoms with van der Waals surface area (Å²) in [5, 5.41) is 32.8. The summed E-state index contributed by atoms with van der Waals surface area (Å²) in [5.74, 6) is -0.0789. The summed E-state index contributed by atoms with van der Waals surface area (Å²) in [4.78, 5) is 14.6. The van der Waals surface area contributed by atoms with Gasteiger partial charge in [0.05, 0.1) is 5.41 Å². The molecular weight excluding hydrogens is 496 g/mol. The Morgan fingerprint density at radius 3 is 2.17 bits per heavy atom. The van der Waals surface area contributed by atoms with Crippen LogP contribution >= 0.6 is 0 Å². The van der Waals surface area contributed by atoms with Crippen LogP contribution in [0.25, 0.3) is 16.7 Å². The highest BCUT2D eigenvalue weighted by Crippen LogP contribution is 2.68. The Morgan fingerprint density at radius 2 is 1.50 bits per heavy atom. The van der Waals surface area contributed by atoms with E-state index in [0.717, 1.165) is 70.2 Å². The van der Waals surface area contributed by atoms with E-state index < -0.39 is 11.0 Å². The molecule has 5 aliphatic rings. The number of phenols is 2. The van der Waals surface area contributed by atoms with E-state index in [1.54, 1.807) is 19.1 Å². The molecule has 2 bridgehead atoms. The van der Waals surface area contributed by atoms with Gasteiger partial charge in [0, 0.05) is 11.8 Å². The fourth-order valence-electron chi connectivity index (χ4n) is 8.81. The molecule has 3 aromatic carbocycles. The second kappa shape index (κ2) is 8.20. The van der Waals surface area contributed by atoms with Gasteiger partial charge in [-0.2, -0.15) is 0 Å². The molecule has 4 atom stereocenters. The SMILES string of the molecule is C=C[C@]12C(=O)[C@](C)(O)[C@H](C[C@H]1c1cc(C)cc3c1-c1ccc(O)c(C)c1CC3)C1=C2c2ccc(O)c(C)c2CC1. The van der Waals surface area contributed by atoms with Crippen molar-refractivity contribution in [1.29, 1.82) is 0 Å². The van der Waals surface area contributed by atoms with Crippen molar-refractivity contribution in [1.82, 2.24) is 0 Å². The van der Waals surface area contributed by atoms with Gasteiger partial charge in [-0.1, -0.05) is 41.5 Å². The summed E-state index contributed by atoms with van der Waals surface area (Å²) < 4.78 is 0. The Hall–Kier alpha value is -3.63. The van der Waals surface area contributed by atoms with E-state index in [-0.39, 0.29) is 23.4 Å². The molecule has 0 amide bonds. The lowest BCUT2D eigenvalue weighted by molar-refractivity contribution is -0.154. The Balaban J connectivity index is 1.54. The number of carbonyl (C=O) groups is 1. The van der Waals surface area contributed by atoms with Crippen molar-refractivity contribution in [2.75, 3.05) is 0 Å². The molecule has 40 heavy (non-hydrogen) atoms. The lowest BCUT2D eigenvalue weighted by Gasteiger charge is -2.59. The van der Waals surface area contributed by atoms with Gasteiger partial charge in [0.2, 0.25) is 0 Å². The van der Waals surface area contributed by atoms with Crippen LogP contribution < -0.4 is 0 Å². The normalized spacial score (nSPS) is 28.1. The predicted molar refractivity (Wildman–Crippen MR) is 158 cm³/mol. The first-order valence-corrected chi connectivity index (χ1v) is 14.4. The lowest BCUT2D eigenvalue weighted by atomic mass is 9.44. The number of allylic oxidation sites excluding steroid dienone is 2. The van der Waals surface area contributed by atoms with Crippen molar-refractivity contribution in [3.05, 3.63) is 99.1 Å². The third-order valence-electron chi connectivity index (χ3n) is 10.7. The molecule has 4 nitrogen and oxygen atoms in total. The molecule has 4 heteroatoms. The number of carbonyl (C=O) groups excluding carboxylic acids is 1. The quantitative estimate of drug-likeness (QED) is 0.317. The molecule has 204 valence electrons. The van der Waals surface area contributed by atoms with Crippen molar-refractivity contribution in [2.45, 2.75) is 71.3 Å². The van der Waals surface area contributed by atoms with Crippen LogP contribution in [0.5, 0.6) is 11.5 Å². The zero-order valence-corrected chi connectivity index (χ0v) is 23.7. The first kappa shape index (κ1) is 25.3. The van der Waals surface area contributed by atoms with E-state index in [1.807, 2.05) is 32.1 Å². The van der Waals surface area contributed by atoms with Crippen LogP contribution in [-0.2, 0) is 24.1 Å². The number of aliphatic hydroxyl groups is 1. The van der Waals surface area contributed by atoms with Gasteiger partial charge >= 0.3 is 0 Å². The number of phenolic OH excluding ortho intramolecular Hbond substituents is 2. The molecule has 0 heterocycles. The van der Waals surface area contributed by atoms with Crippen LogP contribution in [0.4, 0.5) is 0 Å². The molecule has 0 aliphatic heterocycles. The number of aryl methyl sites for hydroxylation is 2. The van der Waals surface area contributed by atoms with Crippen molar-refractivity contribution >= 4 is 11.4 Å². The molecular formula is C36H36O4. The maximum atomic E-state index is 14.6. The summed E-state index contributed by atoms with van der Waals surface area (Å²) in [7, 11) is 0. The number of Topliss-reactive ketones (excluding diaryl/α,β-unsaturated/α-hetero) is 1. The fourth-order valence-corrected chi connectivity index (χ4v) is 8.81. The summed E-state index contributed by atoms with van der Waals surface area (Å²) in [5.41, 5.74) is 10.5. The Morgan fingerprint density at radius 1 is 0.875 bits per heavy atom. The molecule has 3 N–H and O–H groups in total. The number of ketones is 1. The average molecular weight is 533 g/mol. The minimum absolute atomic E-state index is 0.179. The van der Waals surface area contributed by atoms with Crippen molar-refractivity contribution < 1.29 is 20.1 Å². The number of aromatic hydroxyl groups is 2. The second-order valence-electron chi connectivity index (χ2n) is 12.7. The molecule has 0 unspecified atom stereocenters. The predicted octanol–water partition coefficient (Wildman–Crippen LogP) is 6.80. The topological polar surface area (TPSA) is 77.8 Å². The fraction of sp³-hybridized carbons (Fsp3) is 0.361. The smallest absolute Gasteiger partial charge is 0.179 e. The highest BCUT2D eigenvalue weighted by atomic mass is 16.3. The monoisotopic (exact) mass is 532 g/mol. The van der Waals surface area contributed by atoms with Crippen molar-refractivity contribution in [2.24, 2.45) is 11.3 Å². The number of hydrogen-bond donors (Lipinski definition) is 3. The van der Waals surface area contributed by atoms with Gasteiger partial charge in [0.25, 0.3) is 0 Å². The van der Waals surface area contributed by atoms with E-state index >= 15 is 0 Å². The third kappa shape index (κ3) is 2.98. The zero-order valence-electron chi connectivity index (χ0n) is 23.7. The first-order chi connectivity index (χ1) is 19.0. The lowest BCUT2D eigenvalue weighted by Crippen LogP contribution is -2.62. The van der Waals surface area contributed by atoms with E-state index in [0.29, 0.717) is 12.2 Å². The number of rotatable bonds is 2. The minimum Gasteiger partial charge on any atom is -0.508 e. The van der Waals surface area contributed by atoms with Gasteiger partial charge in [-0.05, 0) is 128 Å². The van der Waals surface area contributed by atoms with Crippen molar-refractivity contribution in [3.8, 4) is 22.6 Å². The van der Waals surface area contributed by atoms with Crippen LogP contribution in [-0.4, -0.2) is 26.7 Å². The highest BCUT2D eigenvalue weighted by Gasteiger charge is 2.66. The number of benzene rings is 3. The standard InChI is InChI=1S/C36H36O4/c1-6-36-29(27-16-18(2)15-21-7-8-22-19(3)30(37)13-11-24(22)32(21)27)17-28(35(5,40)34(36)39)26-10-9-23-20(4)31(38)14-12-25(23)33(26)36/h6,11-16,28-29,37-38,40H,1,7-10,17H2,2-5H3/t28-,29+,35-,36+/m1/s1. The minimum atomic E-state index is -1.48. The van der Waals surface area contributed by atoms with Crippen LogP contribution in [0, 0.1) is 32.1 Å². The number of fused-ring (bicyclic) bond motifs is 6. The van der Waals surface area contributed by atoms with Crippen LogP contribution in [0.1, 0.15) is 70.2 Å². The molecule has 1 saturated carbocycles. The summed E-state index contributed by atoms with van der Waals surface area (Å²) in [6, 6.07) is 12.0. The molecule has 0 spiro atoms. The van der Waals surface area contributed by atoms with Crippen LogP contribution in [0.2, 0.25) is 0 Å². The maximum absolute atomic E-state index is 14.6. The van der Waals surface area contributed by atoms with Crippen molar-refractivity contribution in [3.63, 3.8) is 0 Å². The third-order valence-corrected chi connectivity index (χ3v) is 10.7. The van der Waals surface area contributed by atoms with Gasteiger partial charge in [-0.25, -0.2) is 0 Å².